The zero-order valence-corrected chi connectivity index (χ0v) is 13.2. The lowest BCUT2D eigenvalue weighted by Crippen LogP contribution is -2.20. The Morgan fingerprint density at radius 1 is 1.33 bits per heavy atom. The van der Waals surface area contributed by atoms with E-state index in [0.717, 1.165) is 35.1 Å². The minimum Gasteiger partial charge on any atom is -0.308 e. The lowest BCUT2D eigenvalue weighted by Gasteiger charge is -2.13. The normalized spacial score (nSPS) is 14.9. The van der Waals surface area contributed by atoms with Gasteiger partial charge in [-0.05, 0) is 32.8 Å². The van der Waals surface area contributed by atoms with Crippen LogP contribution in [0.1, 0.15) is 55.5 Å². The molecule has 0 amide bonds. The summed E-state index contributed by atoms with van der Waals surface area (Å²) in [5, 5.41) is 8.11. The minimum absolute atomic E-state index is 0.333. The van der Waals surface area contributed by atoms with E-state index in [1.54, 1.807) is 0 Å². The van der Waals surface area contributed by atoms with E-state index in [4.69, 9.17) is 4.98 Å². The Hall–Kier alpha value is -1.75. The number of nitrogens with one attached hydrogen (secondary N) is 1. The zero-order chi connectivity index (χ0) is 15.0. The van der Waals surface area contributed by atoms with E-state index < -0.39 is 0 Å². The maximum atomic E-state index is 4.76. The van der Waals surface area contributed by atoms with E-state index in [-0.39, 0.29) is 0 Å². The largest absolute Gasteiger partial charge is 0.308 e. The highest BCUT2D eigenvalue weighted by atomic mass is 15.3. The molecule has 0 radical (unpaired) electrons. The number of hydrogen-bond donors (Lipinski definition) is 1. The zero-order valence-electron chi connectivity index (χ0n) is 13.2. The number of rotatable bonds is 5. The van der Waals surface area contributed by atoms with Gasteiger partial charge in [0.25, 0.3) is 0 Å². The van der Waals surface area contributed by atoms with E-state index in [2.05, 4.69) is 42.2 Å². The second-order valence-electron chi connectivity index (χ2n) is 6.21. The van der Waals surface area contributed by atoms with E-state index in [1.165, 1.54) is 12.8 Å². The predicted octanol–water partition coefficient (Wildman–Crippen LogP) is 2.65. The highest BCUT2D eigenvalue weighted by Gasteiger charge is 2.22. The first-order valence-electron chi connectivity index (χ1n) is 7.67. The molecule has 0 atom stereocenters. The van der Waals surface area contributed by atoms with Crippen molar-refractivity contribution in [3.05, 3.63) is 35.2 Å². The summed E-state index contributed by atoms with van der Waals surface area (Å²) in [6.45, 7) is 9.09. The molecule has 3 rings (SSSR count). The molecular weight excluding hydrogens is 262 g/mol. The summed E-state index contributed by atoms with van der Waals surface area (Å²) >= 11 is 0. The van der Waals surface area contributed by atoms with Crippen molar-refractivity contribution < 1.29 is 0 Å². The molecule has 2 aromatic heterocycles. The predicted molar refractivity (Wildman–Crippen MR) is 82.6 cm³/mol. The van der Waals surface area contributed by atoms with Gasteiger partial charge in [-0.1, -0.05) is 13.8 Å². The topological polar surface area (TPSA) is 55.6 Å². The Kier molecular flexibility index (Phi) is 3.76. The third-order valence-corrected chi connectivity index (χ3v) is 3.75. The molecule has 0 saturated heterocycles. The van der Waals surface area contributed by atoms with Crippen LogP contribution in [0.2, 0.25) is 0 Å². The fraction of sp³-hybridized carbons (Fsp3) is 0.562. The summed E-state index contributed by atoms with van der Waals surface area (Å²) in [5.41, 5.74) is 4.15. The first-order chi connectivity index (χ1) is 10.0. The van der Waals surface area contributed by atoms with Crippen LogP contribution < -0.4 is 5.32 Å². The summed E-state index contributed by atoms with van der Waals surface area (Å²) in [6, 6.07) is 2.74. The SMILES string of the molecule is Cc1cc(C)n(-c2cnc(C(C)C)nc2CNC2CC2)n1. The van der Waals surface area contributed by atoms with Crippen LogP contribution in [0.3, 0.4) is 0 Å². The van der Waals surface area contributed by atoms with Crippen LogP contribution >= 0.6 is 0 Å². The highest BCUT2D eigenvalue weighted by Crippen LogP contribution is 2.21. The quantitative estimate of drug-likeness (QED) is 0.917. The molecule has 0 unspecified atom stereocenters. The Morgan fingerprint density at radius 2 is 2.10 bits per heavy atom. The van der Waals surface area contributed by atoms with Crippen molar-refractivity contribution in [2.75, 3.05) is 0 Å². The fourth-order valence-corrected chi connectivity index (χ4v) is 2.41. The maximum Gasteiger partial charge on any atom is 0.131 e. The second-order valence-corrected chi connectivity index (χ2v) is 6.21. The van der Waals surface area contributed by atoms with Gasteiger partial charge in [0, 0.05) is 24.2 Å². The second kappa shape index (κ2) is 5.56. The summed E-state index contributed by atoms with van der Waals surface area (Å²) in [5.74, 6) is 1.23. The van der Waals surface area contributed by atoms with Gasteiger partial charge in [-0.25, -0.2) is 14.6 Å². The molecule has 1 aliphatic rings. The molecule has 0 spiro atoms. The third-order valence-electron chi connectivity index (χ3n) is 3.75. The molecule has 1 saturated carbocycles. The van der Waals surface area contributed by atoms with Crippen LogP contribution in [0, 0.1) is 13.8 Å². The van der Waals surface area contributed by atoms with Crippen LogP contribution in [0.4, 0.5) is 0 Å². The number of aryl methyl sites for hydroxylation is 2. The Balaban J connectivity index is 1.98. The number of nitrogens with zero attached hydrogens (tertiary/aromatic N) is 4. The molecule has 1 aliphatic carbocycles. The molecule has 1 fully saturated rings. The van der Waals surface area contributed by atoms with E-state index >= 15 is 0 Å². The van der Waals surface area contributed by atoms with Crippen molar-refractivity contribution in [3.8, 4) is 5.69 Å². The van der Waals surface area contributed by atoms with Gasteiger partial charge >= 0.3 is 0 Å². The molecule has 112 valence electrons. The third kappa shape index (κ3) is 3.13. The molecule has 21 heavy (non-hydrogen) atoms. The molecule has 1 N–H and O–H groups in total. The summed E-state index contributed by atoms with van der Waals surface area (Å²) in [6.07, 6.45) is 4.46. The van der Waals surface area contributed by atoms with Gasteiger partial charge in [0.05, 0.1) is 17.6 Å². The van der Waals surface area contributed by atoms with Gasteiger partial charge in [0.2, 0.25) is 0 Å². The molecule has 5 nitrogen and oxygen atoms in total. The van der Waals surface area contributed by atoms with Crippen molar-refractivity contribution in [3.63, 3.8) is 0 Å². The maximum absolute atomic E-state index is 4.76. The summed E-state index contributed by atoms with van der Waals surface area (Å²) < 4.78 is 1.95. The van der Waals surface area contributed by atoms with Crippen LogP contribution in [-0.2, 0) is 6.54 Å². The first-order valence-corrected chi connectivity index (χ1v) is 7.67. The first kappa shape index (κ1) is 14.2. The molecular formula is C16H23N5. The minimum atomic E-state index is 0.333. The van der Waals surface area contributed by atoms with Crippen molar-refractivity contribution in [2.24, 2.45) is 0 Å². The van der Waals surface area contributed by atoms with Gasteiger partial charge in [0.1, 0.15) is 11.5 Å². The van der Waals surface area contributed by atoms with Crippen LogP contribution in [0.5, 0.6) is 0 Å². The number of hydrogen-bond acceptors (Lipinski definition) is 4. The van der Waals surface area contributed by atoms with Gasteiger partial charge in [-0.3, -0.25) is 0 Å². The van der Waals surface area contributed by atoms with Gasteiger partial charge < -0.3 is 5.32 Å². The molecule has 2 aromatic rings. The van der Waals surface area contributed by atoms with E-state index in [1.807, 2.05) is 17.8 Å². The Morgan fingerprint density at radius 3 is 2.67 bits per heavy atom. The van der Waals surface area contributed by atoms with Crippen molar-refractivity contribution in [2.45, 2.75) is 59.0 Å². The molecule has 5 heteroatoms. The smallest absolute Gasteiger partial charge is 0.131 e. The average Bonchev–Trinajstić information content (AvgIpc) is 3.20. The van der Waals surface area contributed by atoms with Crippen molar-refractivity contribution in [1.29, 1.82) is 0 Å². The summed E-state index contributed by atoms with van der Waals surface area (Å²) in [4.78, 5) is 9.27. The van der Waals surface area contributed by atoms with Gasteiger partial charge in [-0.2, -0.15) is 5.10 Å². The molecule has 0 bridgehead atoms. The van der Waals surface area contributed by atoms with Gasteiger partial charge in [0.15, 0.2) is 0 Å². The molecule has 0 aliphatic heterocycles. The van der Waals surface area contributed by atoms with Crippen LogP contribution in [-0.4, -0.2) is 25.8 Å². The lowest BCUT2D eigenvalue weighted by molar-refractivity contribution is 0.648. The van der Waals surface area contributed by atoms with E-state index in [9.17, 15) is 0 Å². The van der Waals surface area contributed by atoms with Crippen LogP contribution in [0.15, 0.2) is 12.3 Å². The number of aromatic nitrogens is 4. The molecule has 2 heterocycles. The van der Waals surface area contributed by atoms with E-state index in [0.29, 0.717) is 12.0 Å². The Labute approximate surface area is 125 Å². The van der Waals surface area contributed by atoms with Crippen molar-refractivity contribution >= 4 is 0 Å². The fourth-order valence-electron chi connectivity index (χ4n) is 2.41. The standard InChI is InChI=1S/C16H23N5/c1-10(2)16-18-9-15(21-12(4)7-11(3)20-21)14(19-16)8-17-13-5-6-13/h7,9-10,13,17H,5-6,8H2,1-4H3. The lowest BCUT2D eigenvalue weighted by atomic mass is 10.2. The molecule has 0 aromatic carbocycles. The average molecular weight is 285 g/mol. The Bertz CT molecular complexity index is 640. The monoisotopic (exact) mass is 285 g/mol. The highest BCUT2D eigenvalue weighted by molar-refractivity contribution is 5.36. The van der Waals surface area contributed by atoms with Crippen molar-refractivity contribution in [1.82, 2.24) is 25.1 Å². The van der Waals surface area contributed by atoms with Crippen LogP contribution in [0.25, 0.3) is 5.69 Å². The summed E-state index contributed by atoms with van der Waals surface area (Å²) in [7, 11) is 0. The van der Waals surface area contributed by atoms with Gasteiger partial charge in [-0.15, -0.1) is 0 Å².